The lowest BCUT2D eigenvalue weighted by atomic mass is 9.82. The number of piperidine rings is 1. The third kappa shape index (κ3) is 2.81. The Balaban J connectivity index is 2.28. The number of rotatable bonds is 1. The molecule has 1 heterocycles. The molecule has 18 heavy (non-hydrogen) atoms. The Labute approximate surface area is 109 Å². The van der Waals surface area contributed by atoms with Crippen LogP contribution in [0, 0.1) is 5.92 Å². The predicted octanol–water partition coefficient (Wildman–Crippen LogP) is 4.07. The van der Waals surface area contributed by atoms with Gasteiger partial charge in [-0.05, 0) is 49.0 Å². The van der Waals surface area contributed by atoms with Crippen LogP contribution < -0.4 is 5.32 Å². The van der Waals surface area contributed by atoms with E-state index in [2.05, 4.69) is 12.2 Å². The fraction of sp³-hybridized carbons (Fsp3) is 0.538. The molecule has 100 valence electrons. The second-order valence-electron chi connectivity index (χ2n) is 4.81. The molecule has 1 aliphatic heterocycles. The molecule has 0 aromatic heterocycles. The third-order valence-corrected chi connectivity index (χ3v) is 3.82. The van der Waals surface area contributed by atoms with Crippen molar-refractivity contribution in [3.8, 4) is 0 Å². The highest BCUT2D eigenvalue weighted by Gasteiger charge is 2.33. The molecule has 1 aromatic rings. The fourth-order valence-electron chi connectivity index (χ4n) is 2.50. The number of nitrogens with one attached hydrogen (secondary N) is 1. The lowest BCUT2D eigenvalue weighted by molar-refractivity contribution is -0.137. The van der Waals surface area contributed by atoms with E-state index in [4.69, 9.17) is 11.6 Å². The van der Waals surface area contributed by atoms with E-state index in [1.807, 2.05) is 0 Å². The van der Waals surface area contributed by atoms with Gasteiger partial charge in [-0.3, -0.25) is 0 Å². The Morgan fingerprint density at radius 1 is 1.33 bits per heavy atom. The zero-order valence-corrected chi connectivity index (χ0v) is 10.8. The maximum atomic E-state index is 12.6. The van der Waals surface area contributed by atoms with Gasteiger partial charge >= 0.3 is 6.18 Å². The van der Waals surface area contributed by atoms with Crippen LogP contribution in [0.25, 0.3) is 0 Å². The molecule has 0 amide bonds. The monoisotopic (exact) mass is 277 g/mol. The quantitative estimate of drug-likeness (QED) is 0.816. The topological polar surface area (TPSA) is 12.0 Å². The van der Waals surface area contributed by atoms with Gasteiger partial charge in [0.25, 0.3) is 0 Å². The first-order valence-corrected chi connectivity index (χ1v) is 6.34. The number of alkyl halides is 3. The summed E-state index contributed by atoms with van der Waals surface area (Å²) < 4.78 is 37.8. The van der Waals surface area contributed by atoms with E-state index in [1.165, 1.54) is 6.07 Å². The molecule has 5 heteroatoms. The van der Waals surface area contributed by atoms with Gasteiger partial charge in [-0.1, -0.05) is 24.6 Å². The summed E-state index contributed by atoms with van der Waals surface area (Å²) in [6, 6.07) is 4.12. The molecule has 2 atom stereocenters. The number of hydrogen-bond donors (Lipinski definition) is 1. The summed E-state index contributed by atoms with van der Waals surface area (Å²) >= 11 is 5.75. The van der Waals surface area contributed by atoms with Gasteiger partial charge in [0.05, 0.1) is 10.6 Å². The van der Waals surface area contributed by atoms with Crippen molar-refractivity contribution in [1.82, 2.24) is 5.32 Å². The molecule has 0 aliphatic carbocycles. The van der Waals surface area contributed by atoms with Crippen LogP contribution in [0.5, 0.6) is 0 Å². The Morgan fingerprint density at radius 2 is 2.06 bits per heavy atom. The highest BCUT2D eigenvalue weighted by molar-refractivity contribution is 6.31. The minimum atomic E-state index is -4.38. The van der Waals surface area contributed by atoms with E-state index >= 15 is 0 Å². The molecular formula is C13H15ClF3N. The molecule has 1 nitrogen and oxygen atoms in total. The molecule has 0 radical (unpaired) electrons. The van der Waals surface area contributed by atoms with Gasteiger partial charge in [0.1, 0.15) is 0 Å². The lowest BCUT2D eigenvalue weighted by Gasteiger charge is -2.30. The number of benzene rings is 1. The van der Waals surface area contributed by atoms with E-state index in [0.29, 0.717) is 5.92 Å². The molecule has 1 aliphatic rings. The van der Waals surface area contributed by atoms with Crippen LogP contribution in [0.15, 0.2) is 18.2 Å². The first kappa shape index (κ1) is 13.7. The second-order valence-corrected chi connectivity index (χ2v) is 5.22. The first-order chi connectivity index (χ1) is 8.39. The normalized spacial score (nSPS) is 25.2. The highest BCUT2D eigenvalue weighted by Crippen LogP contribution is 2.38. The zero-order chi connectivity index (χ0) is 13.3. The van der Waals surface area contributed by atoms with Gasteiger partial charge in [-0.25, -0.2) is 0 Å². The largest absolute Gasteiger partial charge is 0.417 e. The Morgan fingerprint density at radius 3 is 2.61 bits per heavy atom. The molecule has 0 saturated carbocycles. The highest BCUT2D eigenvalue weighted by atomic mass is 35.5. The van der Waals surface area contributed by atoms with Gasteiger partial charge in [-0.2, -0.15) is 13.2 Å². The van der Waals surface area contributed by atoms with Crippen molar-refractivity contribution in [2.24, 2.45) is 5.92 Å². The summed E-state index contributed by atoms with van der Waals surface area (Å²) in [4.78, 5) is 0. The molecular weight excluding hydrogens is 263 g/mol. The predicted molar refractivity (Wildman–Crippen MR) is 65.8 cm³/mol. The van der Waals surface area contributed by atoms with Crippen LogP contribution in [-0.4, -0.2) is 13.1 Å². The van der Waals surface area contributed by atoms with Crippen molar-refractivity contribution in [2.75, 3.05) is 13.1 Å². The number of hydrogen-bond acceptors (Lipinski definition) is 1. The van der Waals surface area contributed by atoms with E-state index < -0.39 is 11.7 Å². The van der Waals surface area contributed by atoms with Crippen LogP contribution in [0.1, 0.15) is 30.4 Å². The van der Waals surface area contributed by atoms with Crippen molar-refractivity contribution < 1.29 is 13.2 Å². The van der Waals surface area contributed by atoms with Gasteiger partial charge in [0.2, 0.25) is 0 Å². The number of halogens is 4. The summed E-state index contributed by atoms with van der Waals surface area (Å²) in [5.74, 6) is 0.692. The van der Waals surface area contributed by atoms with Crippen molar-refractivity contribution in [1.29, 1.82) is 0 Å². The first-order valence-electron chi connectivity index (χ1n) is 5.97. The molecule has 1 fully saturated rings. The van der Waals surface area contributed by atoms with Crippen LogP contribution in [-0.2, 0) is 6.18 Å². The smallest absolute Gasteiger partial charge is 0.316 e. The maximum absolute atomic E-state index is 12.6. The lowest BCUT2D eigenvalue weighted by Crippen LogP contribution is -2.33. The Kier molecular flexibility index (Phi) is 3.87. The zero-order valence-electron chi connectivity index (χ0n) is 10.0. The maximum Gasteiger partial charge on any atom is 0.417 e. The van der Waals surface area contributed by atoms with E-state index in [9.17, 15) is 13.2 Å². The second kappa shape index (κ2) is 5.10. The van der Waals surface area contributed by atoms with Crippen LogP contribution in [0.4, 0.5) is 13.2 Å². The molecule has 1 N–H and O–H groups in total. The summed E-state index contributed by atoms with van der Waals surface area (Å²) in [6.45, 7) is 3.89. The summed E-state index contributed by atoms with van der Waals surface area (Å²) in [5.41, 5.74) is 0.150. The Bertz CT molecular complexity index is 431. The van der Waals surface area contributed by atoms with E-state index in [-0.39, 0.29) is 10.9 Å². The van der Waals surface area contributed by atoms with Crippen LogP contribution >= 0.6 is 11.6 Å². The Hall–Kier alpha value is -0.740. The SMILES string of the molecule is CC1CNCCC1c1ccc(C(F)(F)F)c(Cl)c1. The molecule has 2 rings (SSSR count). The summed E-state index contributed by atoms with van der Waals surface area (Å²) in [7, 11) is 0. The molecule has 0 spiro atoms. The van der Waals surface area contributed by atoms with Crippen molar-refractivity contribution in [2.45, 2.75) is 25.4 Å². The van der Waals surface area contributed by atoms with Crippen molar-refractivity contribution >= 4 is 11.6 Å². The van der Waals surface area contributed by atoms with Crippen LogP contribution in [0.3, 0.4) is 0 Å². The van der Waals surface area contributed by atoms with E-state index in [0.717, 1.165) is 31.1 Å². The van der Waals surface area contributed by atoms with Crippen molar-refractivity contribution in [3.63, 3.8) is 0 Å². The average Bonchev–Trinajstić information content (AvgIpc) is 2.27. The molecule has 1 aromatic carbocycles. The third-order valence-electron chi connectivity index (χ3n) is 3.51. The summed E-state index contributed by atoms with van der Waals surface area (Å²) in [6.07, 6.45) is -3.45. The molecule has 1 saturated heterocycles. The fourth-order valence-corrected chi connectivity index (χ4v) is 2.80. The minimum absolute atomic E-state index is 0.203. The van der Waals surface area contributed by atoms with E-state index in [1.54, 1.807) is 6.07 Å². The van der Waals surface area contributed by atoms with Gasteiger partial charge < -0.3 is 5.32 Å². The molecule has 2 unspecified atom stereocenters. The standard InChI is InChI=1S/C13H15ClF3N/c1-8-7-18-5-4-10(8)9-2-3-11(12(14)6-9)13(15,16)17/h2-3,6,8,10,18H,4-5,7H2,1H3. The van der Waals surface area contributed by atoms with Gasteiger partial charge in [0, 0.05) is 0 Å². The van der Waals surface area contributed by atoms with Crippen LogP contribution in [0.2, 0.25) is 5.02 Å². The van der Waals surface area contributed by atoms with Gasteiger partial charge in [-0.15, -0.1) is 0 Å². The minimum Gasteiger partial charge on any atom is -0.316 e. The molecule has 0 bridgehead atoms. The van der Waals surface area contributed by atoms with Crippen molar-refractivity contribution in [3.05, 3.63) is 34.3 Å². The average molecular weight is 278 g/mol. The van der Waals surface area contributed by atoms with Gasteiger partial charge in [0.15, 0.2) is 0 Å². The summed E-state index contributed by atoms with van der Waals surface area (Å²) in [5, 5.41) is 3.07.